The smallest absolute Gasteiger partial charge is 0.463 e. The Morgan fingerprint density at radius 1 is 0.322 bits per heavy atom. The van der Waals surface area contributed by atoms with Gasteiger partial charge in [-0.3, -0.25) is 28.2 Å². The predicted octanol–water partition coefficient (Wildman–Crippen LogP) is 19.2. The molecule has 0 aromatic carbocycles. The summed E-state index contributed by atoms with van der Waals surface area (Å²) in [5, 5.41) is 103. The third kappa shape index (κ3) is 53.3. The van der Waals surface area contributed by atoms with Crippen LogP contribution < -0.4 is 0 Å². The van der Waals surface area contributed by atoms with Crippen molar-refractivity contribution in [1.29, 1.82) is 0 Å². The lowest BCUT2D eigenvalue weighted by molar-refractivity contribution is -0.360. The van der Waals surface area contributed by atoms with Crippen molar-refractivity contribution < 1.29 is 122 Å². The van der Waals surface area contributed by atoms with E-state index in [2.05, 4.69) is 34.6 Å². The van der Waals surface area contributed by atoms with Crippen molar-refractivity contribution in [3.63, 3.8) is 0 Å². The van der Waals surface area contributed by atoms with Gasteiger partial charge in [-0.1, -0.05) is 394 Å². The Bertz CT molecular complexity index is 2520. The molecular formula is C95H179O25P. The summed E-state index contributed by atoms with van der Waals surface area (Å²) in [4.78, 5) is 66.7. The molecule has 1 saturated carbocycles. The summed E-state index contributed by atoms with van der Waals surface area (Å²) in [7, 11) is -5.81. The Morgan fingerprint density at radius 3 is 0.983 bits per heavy atom. The quantitative estimate of drug-likeness (QED) is 0.0117. The highest BCUT2D eigenvalue weighted by Gasteiger charge is 2.60. The van der Waals surface area contributed by atoms with E-state index in [1.54, 1.807) is 0 Å². The molecule has 121 heavy (non-hydrogen) atoms. The first kappa shape index (κ1) is 113. The molecule has 10 N–H and O–H groups in total. The van der Waals surface area contributed by atoms with E-state index in [1.165, 1.54) is 225 Å². The van der Waals surface area contributed by atoms with Crippen LogP contribution in [0.4, 0.5) is 0 Å². The van der Waals surface area contributed by atoms with Gasteiger partial charge in [0, 0.05) is 25.7 Å². The number of carbonyl (C=O) groups is 4. The maximum atomic E-state index is 14.9. The van der Waals surface area contributed by atoms with Crippen LogP contribution in [0.25, 0.3) is 0 Å². The molecule has 0 aromatic heterocycles. The van der Waals surface area contributed by atoms with E-state index in [4.69, 9.17) is 46.9 Å². The van der Waals surface area contributed by atoms with Crippen LogP contribution in [0.5, 0.6) is 0 Å². The molecule has 25 nitrogen and oxygen atoms in total. The van der Waals surface area contributed by atoms with Gasteiger partial charge in [-0.05, 0) is 31.6 Å². The third-order valence-electron chi connectivity index (χ3n) is 24.8. The van der Waals surface area contributed by atoms with Gasteiger partial charge in [0.25, 0.3) is 0 Å². The predicted molar refractivity (Wildman–Crippen MR) is 472 cm³/mol. The van der Waals surface area contributed by atoms with E-state index < -0.39 is 162 Å². The summed E-state index contributed by atoms with van der Waals surface area (Å²) < 4.78 is 73.7. The first-order chi connectivity index (χ1) is 58.6. The minimum Gasteiger partial charge on any atom is -0.463 e. The van der Waals surface area contributed by atoms with Crippen LogP contribution in [0.1, 0.15) is 446 Å². The number of rotatable bonds is 81. The second-order valence-corrected chi connectivity index (χ2v) is 37.3. The number of hydrogen-bond acceptors (Lipinski definition) is 24. The molecule has 0 radical (unpaired) electrons. The average molecular weight is 1750 g/mol. The minimum atomic E-state index is -5.81. The molecule has 714 valence electrons. The van der Waals surface area contributed by atoms with Crippen LogP contribution in [0.15, 0.2) is 0 Å². The summed E-state index contributed by atoms with van der Waals surface area (Å²) in [6.07, 6.45) is 30.7. The molecule has 19 atom stereocenters. The number of phosphoric acid groups is 1. The van der Waals surface area contributed by atoms with E-state index in [-0.39, 0.29) is 25.7 Å². The van der Waals surface area contributed by atoms with Crippen LogP contribution >= 0.6 is 7.82 Å². The van der Waals surface area contributed by atoms with E-state index in [1.807, 2.05) is 0 Å². The fourth-order valence-corrected chi connectivity index (χ4v) is 17.8. The molecule has 0 spiro atoms. The number of hydrogen-bond donors (Lipinski definition) is 10. The van der Waals surface area contributed by atoms with E-state index in [9.17, 15) is 74.6 Å². The van der Waals surface area contributed by atoms with E-state index >= 15 is 0 Å². The lowest BCUT2D eigenvalue weighted by Crippen LogP contribution is -2.70. The largest absolute Gasteiger partial charge is 0.472 e. The van der Waals surface area contributed by atoms with Crippen molar-refractivity contribution in [2.45, 2.75) is 550 Å². The van der Waals surface area contributed by atoms with Crippen molar-refractivity contribution in [3.8, 4) is 0 Å². The molecule has 19 unspecified atom stereocenters. The first-order valence-electron chi connectivity index (χ1n) is 49.7. The Labute approximate surface area is 731 Å². The van der Waals surface area contributed by atoms with Crippen molar-refractivity contribution in [3.05, 3.63) is 0 Å². The molecule has 0 amide bonds. The van der Waals surface area contributed by atoms with Crippen LogP contribution in [0.2, 0.25) is 0 Å². The number of esters is 4. The number of aliphatic hydroxyl groups is 9. The molecular weight excluding hydrogens is 1570 g/mol. The van der Waals surface area contributed by atoms with Gasteiger partial charge in [0.1, 0.15) is 92.6 Å². The van der Waals surface area contributed by atoms with Gasteiger partial charge in [-0.25, -0.2) is 4.57 Å². The Hall–Kier alpha value is -2.53. The first-order valence-corrected chi connectivity index (χ1v) is 51.2. The van der Waals surface area contributed by atoms with Gasteiger partial charge in [-0.2, -0.15) is 0 Å². The maximum Gasteiger partial charge on any atom is 0.472 e. The molecule has 2 heterocycles. The lowest BCUT2D eigenvalue weighted by atomic mass is 9.84. The third-order valence-corrected chi connectivity index (χ3v) is 25.7. The zero-order chi connectivity index (χ0) is 88.4. The van der Waals surface area contributed by atoms with Crippen LogP contribution in [0, 0.1) is 5.92 Å². The average Bonchev–Trinajstić information content (AvgIpc) is 0.753. The van der Waals surface area contributed by atoms with E-state index in [0.717, 1.165) is 128 Å². The van der Waals surface area contributed by atoms with E-state index in [0.29, 0.717) is 38.0 Å². The fourth-order valence-electron chi connectivity index (χ4n) is 16.8. The van der Waals surface area contributed by atoms with Crippen molar-refractivity contribution >= 4 is 31.7 Å². The van der Waals surface area contributed by atoms with Crippen LogP contribution in [0.3, 0.4) is 0 Å². The maximum absolute atomic E-state index is 14.9. The molecule has 26 heteroatoms. The molecule has 3 fully saturated rings. The summed E-state index contributed by atoms with van der Waals surface area (Å²) in [6.45, 7) is 7.99. The summed E-state index contributed by atoms with van der Waals surface area (Å²) in [6, 6.07) is 0. The molecule has 2 aliphatic heterocycles. The normalized spacial score (nSPS) is 24.8. The Morgan fingerprint density at radius 2 is 0.620 bits per heavy atom. The SMILES string of the molecule is CCCCCCCCCCCCCCCCCCC(=O)OCC(COP(=O)(O)OC1C(OC2OC(CO)C(O)C(O)C2O)C(O)C(O)C(OC(=O)CCCCCCCCCCCCCCCCC)C1OC1OC(COC(=O)CCCCCCCCCCCCCCCCC)C(O)C(O)C1O)OC(=O)CCCCCCCCC(C)CCCCCCCC. The fraction of sp³-hybridized carbons (Fsp3) is 0.958. The molecule has 3 rings (SSSR count). The second kappa shape index (κ2) is 73.3. The number of phosphoric ester groups is 1. The van der Waals surface area contributed by atoms with Crippen molar-refractivity contribution in [1.82, 2.24) is 0 Å². The van der Waals surface area contributed by atoms with Crippen LogP contribution in [-0.4, -0.2) is 205 Å². The van der Waals surface area contributed by atoms with Gasteiger partial charge < -0.3 is 88.7 Å². The number of unbranched alkanes of at least 4 members (excludes halogenated alkanes) is 53. The lowest BCUT2D eigenvalue weighted by Gasteiger charge is -2.50. The van der Waals surface area contributed by atoms with Gasteiger partial charge >= 0.3 is 31.7 Å². The monoisotopic (exact) mass is 1750 g/mol. The molecule has 2 saturated heterocycles. The Kier molecular flexibility index (Phi) is 68.2. The zero-order valence-electron chi connectivity index (χ0n) is 76.5. The number of aliphatic hydroxyl groups excluding tert-OH is 9. The van der Waals surface area contributed by atoms with Gasteiger partial charge in [-0.15, -0.1) is 0 Å². The minimum absolute atomic E-state index is 0.0200. The molecule has 0 aromatic rings. The van der Waals surface area contributed by atoms with Gasteiger partial charge in [0.2, 0.25) is 0 Å². The van der Waals surface area contributed by atoms with Crippen LogP contribution in [-0.2, 0) is 70.7 Å². The Balaban J connectivity index is 1.90. The standard InChI is InChI=1S/C95H179O25P/c1-6-10-14-18-22-25-28-31-34-37-39-41-44-47-54-60-66-78(97)111-71-75(114-80(99)68-62-57-51-50-53-59-65-74(5)64-58-52-21-17-13-9-4)72-113-121(109,110)120-93-91(118-94-88(107)84(103)82(101)76(70-96)115-94)87(106)86(105)90(117-81(100)69-63-56-49-46-43-40-36-33-30-27-24-20-16-12-8-3)92(93)119-95-89(108)85(104)83(102)77(116-95)73-112-79(98)67-61-55-48-45-42-38-35-32-29-26-23-19-15-11-7-2/h74-77,82-96,101-108H,6-73H2,1-5H3,(H,109,110). The van der Waals surface area contributed by atoms with Crippen molar-refractivity contribution in [2.75, 3.05) is 26.4 Å². The molecule has 1 aliphatic carbocycles. The van der Waals surface area contributed by atoms with Gasteiger partial charge in [0.05, 0.1) is 13.2 Å². The highest BCUT2D eigenvalue weighted by molar-refractivity contribution is 7.47. The van der Waals surface area contributed by atoms with Gasteiger partial charge in [0.15, 0.2) is 24.8 Å². The summed E-state index contributed by atoms with van der Waals surface area (Å²) >= 11 is 0. The number of carbonyl (C=O) groups excluding carboxylic acids is 4. The molecule has 3 aliphatic rings. The topological polar surface area (TPSA) is 380 Å². The van der Waals surface area contributed by atoms with Crippen molar-refractivity contribution in [2.24, 2.45) is 5.92 Å². The number of ether oxygens (including phenoxy) is 8. The summed E-state index contributed by atoms with van der Waals surface area (Å²) in [5.74, 6) is -2.27. The highest BCUT2D eigenvalue weighted by atomic mass is 31.2. The highest BCUT2D eigenvalue weighted by Crippen LogP contribution is 2.49. The molecule has 0 bridgehead atoms. The summed E-state index contributed by atoms with van der Waals surface area (Å²) in [5.41, 5.74) is 0. The second-order valence-electron chi connectivity index (χ2n) is 35.9. The zero-order valence-corrected chi connectivity index (χ0v) is 77.4.